The molecule has 0 aliphatic heterocycles. The maximum Gasteiger partial charge on any atom is 0.255 e. The number of methoxy groups -OCH3 is 2. The molecule has 0 bridgehead atoms. The predicted octanol–water partition coefficient (Wildman–Crippen LogP) is 4.84. The number of carbonyl (C=O) groups is 1. The van der Waals surface area contributed by atoms with Gasteiger partial charge in [0.2, 0.25) is 0 Å². The number of hydrogen-bond acceptors (Lipinski definition) is 4. The smallest absolute Gasteiger partial charge is 0.255 e. The molecule has 0 saturated heterocycles. The van der Waals surface area contributed by atoms with E-state index < -0.39 is 0 Å². The Kier molecular flexibility index (Phi) is 5.56. The molecule has 0 heterocycles. The van der Waals surface area contributed by atoms with Crippen LogP contribution in [0.4, 0.5) is 21.5 Å². The second-order valence-electron chi connectivity index (χ2n) is 5.71. The number of rotatable bonds is 6. The summed E-state index contributed by atoms with van der Waals surface area (Å²) >= 11 is 0. The van der Waals surface area contributed by atoms with Crippen molar-refractivity contribution in [2.24, 2.45) is 0 Å². The molecular formula is C21H19FN2O3. The molecule has 0 aliphatic rings. The van der Waals surface area contributed by atoms with Gasteiger partial charge in [0.05, 0.1) is 19.9 Å². The van der Waals surface area contributed by atoms with Crippen molar-refractivity contribution in [1.82, 2.24) is 0 Å². The van der Waals surface area contributed by atoms with Crippen LogP contribution in [0.3, 0.4) is 0 Å². The molecule has 0 aromatic heterocycles. The van der Waals surface area contributed by atoms with Crippen LogP contribution >= 0.6 is 0 Å². The van der Waals surface area contributed by atoms with Gasteiger partial charge >= 0.3 is 0 Å². The lowest BCUT2D eigenvalue weighted by Gasteiger charge is -2.11. The Labute approximate surface area is 156 Å². The van der Waals surface area contributed by atoms with Crippen molar-refractivity contribution in [1.29, 1.82) is 0 Å². The summed E-state index contributed by atoms with van der Waals surface area (Å²) in [5.74, 6) is 0.432. The van der Waals surface area contributed by atoms with E-state index in [0.29, 0.717) is 34.1 Å². The average molecular weight is 366 g/mol. The fourth-order valence-electron chi connectivity index (χ4n) is 2.54. The van der Waals surface area contributed by atoms with Crippen molar-refractivity contribution in [2.75, 3.05) is 24.9 Å². The second-order valence-corrected chi connectivity index (χ2v) is 5.71. The first kappa shape index (κ1) is 18.3. The van der Waals surface area contributed by atoms with Crippen LogP contribution in [0.2, 0.25) is 0 Å². The van der Waals surface area contributed by atoms with Gasteiger partial charge < -0.3 is 20.1 Å². The zero-order valence-electron chi connectivity index (χ0n) is 15.0. The topological polar surface area (TPSA) is 59.6 Å². The molecule has 3 rings (SSSR count). The maximum atomic E-state index is 13.7. The van der Waals surface area contributed by atoms with Gasteiger partial charge in [0, 0.05) is 16.9 Å². The highest BCUT2D eigenvalue weighted by atomic mass is 19.1. The molecule has 6 heteroatoms. The van der Waals surface area contributed by atoms with Gasteiger partial charge in [0.1, 0.15) is 5.82 Å². The number of amides is 1. The Bertz CT molecular complexity index is 942. The molecule has 138 valence electrons. The first-order valence-electron chi connectivity index (χ1n) is 8.25. The lowest BCUT2D eigenvalue weighted by molar-refractivity contribution is 0.102. The summed E-state index contributed by atoms with van der Waals surface area (Å²) in [5, 5.41) is 5.81. The van der Waals surface area contributed by atoms with Crippen molar-refractivity contribution >= 4 is 23.0 Å². The lowest BCUT2D eigenvalue weighted by atomic mass is 10.1. The normalized spacial score (nSPS) is 10.2. The maximum absolute atomic E-state index is 13.7. The van der Waals surface area contributed by atoms with Gasteiger partial charge in [-0.2, -0.15) is 0 Å². The summed E-state index contributed by atoms with van der Waals surface area (Å²) in [4.78, 5) is 12.4. The monoisotopic (exact) mass is 366 g/mol. The van der Waals surface area contributed by atoms with Gasteiger partial charge in [-0.05, 0) is 54.6 Å². The molecule has 0 unspecified atom stereocenters. The van der Waals surface area contributed by atoms with Crippen molar-refractivity contribution in [3.05, 3.63) is 78.1 Å². The largest absolute Gasteiger partial charge is 0.493 e. The number of para-hydroxylation sites is 1. The Morgan fingerprint density at radius 2 is 1.52 bits per heavy atom. The number of benzene rings is 3. The Hall–Kier alpha value is -3.54. The molecule has 0 spiro atoms. The minimum atomic E-state index is -0.330. The summed E-state index contributed by atoms with van der Waals surface area (Å²) in [5.41, 5.74) is 2.17. The quantitative estimate of drug-likeness (QED) is 0.655. The molecular weight excluding hydrogens is 347 g/mol. The van der Waals surface area contributed by atoms with Crippen LogP contribution in [0.25, 0.3) is 0 Å². The van der Waals surface area contributed by atoms with E-state index in [9.17, 15) is 9.18 Å². The summed E-state index contributed by atoms with van der Waals surface area (Å²) in [7, 11) is 3.05. The highest BCUT2D eigenvalue weighted by molar-refractivity contribution is 6.04. The molecule has 0 atom stereocenters. The van der Waals surface area contributed by atoms with Crippen molar-refractivity contribution < 1.29 is 18.7 Å². The van der Waals surface area contributed by atoms with Gasteiger partial charge in [-0.25, -0.2) is 4.39 Å². The molecule has 0 saturated carbocycles. The third-order valence-electron chi connectivity index (χ3n) is 3.94. The molecule has 5 nitrogen and oxygen atoms in total. The number of nitrogens with one attached hydrogen (secondary N) is 2. The summed E-state index contributed by atoms with van der Waals surface area (Å²) in [6.07, 6.45) is 0. The van der Waals surface area contributed by atoms with E-state index in [1.807, 2.05) is 0 Å². The minimum Gasteiger partial charge on any atom is -0.493 e. The molecule has 0 fully saturated rings. The Morgan fingerprint density at radius 3 is 2.19 bits per heavy atom. The van der Waals surface area contributed by atoms with Crippen LogP contribution in [0, 0.1) is 5.82 Å². The molecule has 3 aromatic carbocycles. The summed E-state index contributed by atoms with van der Waals surface area (Å²) < 4.78 is 24.1. The SMILES string of the molecule is COc1ccc(C(=O)Nc2ccc(Nc3ccccc3F)cc2)cc1OC. The van der Waals surface area contributed by atoms with Crippen molar-refractivity contribution in [3.8, 4) is 11.5 Å². The second kappa shape index (κ2) is 8.23. The van der Waals surface area contributed by atoms with Gasteiger partial charge in [0.25, 0.3) is 5.91 Å². The van der Waals surface area contributed by atoms with Gasteiger partial charge in [-0.3, -0.25) is 4.79 Å². The highest BCUT2D eigenvalue weighted by Crippen LogP contribution is 2.28. The van der Waals surface area contributed by atoms with E-state index >= 15 is 0 Å². The number of hydrogen-bond donors (Lipinski definition) is 2. The minimum absolute atomic E-state index is 0.272. The average Bonchev–Trinajstić information content (AvgIpc) is 2.70. The zero-order chi connectivity index (χ0) is 19.2. The van der Waals surface area contributed by atoms with E-state index in [0.717, 1.165) is 0 Å². The molecule has 0 aliphatic carbocycles. The van der Waals surface area contributed by atoms with Crippen molar-refractivity contribution in [3.63, 3.8) is 0 Å². The van der Waals surface area contributed by atoms with Crippen LogP contribution in [-0.2, 0) is 0 Å². The first-order chi connectivity index (χ1) is 13.1. The van der Waals surface area contributed by atoms with Crippen LogP contribution in [0.1, 0.15) is 10.4 Å². The third-order valence-corrected chi connectivity index (χ3v) is 3.94. The Balaban J connectivity index is 1.69. The predicted molar refractivity (Wildman–Crippen MR) is 104 cm³/mol. The summed E-state index contributed by atoms with van der Waals surface area (Å²) in [6.45, 7) is 0. The Morgan fingerprint density at radius 1 is 0.852 bits per heavy atom. The number of ether oxygens (including phenoxy) is 2. The molecule has 0 radical (unpaired) electrons. The van der Waals surface area contributed by atoms with Crippen LogP contribution in [0.15, 0.2) is 66.7 Å². The van der Waals surface area contributed by atoms with E-state index in [2.05, 4.69) is 10.6 Å². The number of carbonyl (C=O) groups excluding carboxylic acids is 1. The van der Waals surface area contributed by atoms with E-state index in [4.69, 9.17) is 9.47 Å². The van der Waals surface area contributed by atoms with Crippen molar-refractivity contribution in [2.45, 2.75) is 0 Å². The van der Waals surface area contributed by atoms with E-state index in [1.165, 1.54) is 20.3 Å². The van der Waals surface area contributed by atoms with Gasteiger partial charge in [-0.1, -0.05) is 12.1 Å². The molecule has 2 N–H and O–H groups in total. The van der Waals surface area contributed by atoms with Crippen LogP contribution < -0.4 is 20.1 Å². The highest BCUT2D eigenvalue weighted by Gasteiger charge is 2.11. The molecule has 27 heavy (non-hydrogen) atoms. The molecule has 1 amide bonds. The van der Waals surface area contributed by atoms with Crippen LogP contribution in [0.5, 0.6) is 11.5 Å². The molecule has 3 aromatic rings. The first-order valence-corrected chi connectivity index (χ1v) is 8.25. The van der Waals surface area contributed by atoms with Gasteiger partial charge in [0.15, 0.2) is 11.5 Å². The lowest BCUT2D eigenvalue weighted by Crippen LogP contribution is -2.12. The van der Waals surface area contributed by atoms with E-state index in [1.54, 1.807) is 60.7 Å². The number of halogens is 1. The summed E-state index contributed by atoms with van der Waals surface area (Å²) in [6, 6.07) is 18.4. The van der Waals surface area contributed by atoms with Crippen LogP contribution in [-0.4, -0.2) is 20.1 Å². The van der Waals surface area contributed by atoms with Gasteiger partial charge in [-0.15, -0.1) is 0 Å². The fourth-order valence-corrected chi connectivity index (χ4v) is 2.54. The fraction of sp³-hybridized carbons (Fsp3) is 0.0952. The van der Waals surface area contributed by atoms with E-state index in [-0.39, 0.29) is 11.7 Å². The number of anilines is 3. The standard InChI is InChI=1S/C21H19FN2O3/c1-26-19-12-7-14(13-20(19)27-2)21(25)24-16-10-8-15(9-11-16)23-18-6-4-3-5-17(18)22/h3-13,23H,1-2H3,(H,24,25). The third kappa shape index (κ3) is 4.36. The zero-order valence-corrected chi connectivity index (χ0v) is 15.0.